The molecule has 5 nitrogen and oxygen atoms in total. The summed E-state index contributed by atoms with van der Waals surface area (Å²) in [7, 11) is -3.08. The number of carbonyl (C=O) groups excluding carboxylic acids is 1. The topological polar surface area (TPSA) is 72.5 Å². The molecule has 0 amide bonds. The van der Waals surface area contributed by atoms with E-state index in [2.05, 4.69) is 12.2 Å². The van der Waals surface area contributed by atoms with Crippen molar-refractivity contribution in [3.05, 3.63) is 58.1 Å². The summed E-state index contributed by atoms with van der Waals surface area (Å²) < 4.78 is 28.3. The van der Waals surface area contributed by atoms with Crippen molar-refractivity contribution < 1.29 is 17.9 Å². The van der Waals surface area contributed by atoms with E-state index in [-0.39, 0.29) is 24.1 Å². The Labute approximate surface area is 195 Å². The highest BCUT2D eigenvalue weighted by Gasteiger charge is 2.15. The second-order valence-corrected chi connectivity index (χ2v) is 10.7. The highest BCUT2D eigenvalue weighted by molar-refractivity contribution is 7.89. The molecule has 0 unspecified atom stereocenters. The summed E-state index contributed by atoms with van der Waals surface area (Å²) >= 11 is 12.0. The first-order chi connectivity index (χ1) is 14.7. The second-order valence-electron chi connectivity index (χ2n) is 7.76. The van der Waals surface area contributed by atoms with Gasteiger partial charge in [-0.25, -0.2) is 8.42 Å². The number of sulfone groups is 1. The molecule has 0 aromatic heterocycles. The van der Waals surface area contributed by atoms with Gasteiger partial charge in [0, 0.05) is 24.9 Å². The van der Waals surface area contributed by atoms with Crippen LogP contribution in [0.3, 0.4) is 0 Å². The van der Waals surface area contributed by atoms with Crippen LogP contribution in [0.2, 0.25) is 10.0 Å². The molecule has 2 rings (SSSR count). The number of anilines is 1. The number of hydrogen-bond acceptors (Lipinski definition) is 5. The zero-order valence-corrected chi connectivity index (χ0v) is 20.2. The van der Waals surface area contributed by atoms with Crippen LogP contribution in [0, 0.1) is 5.92 Å². The lowest BCUT2D eigenvalue weighted by Crippen LogP contribution is -2.21. The van der Waals surface area contributed by atoms with Crippen molar-refractivity contribution in [3.8, 4) is 5.75 Å². The summed E-state index contributed by atoms with van der Waals surface area (Å²) in [6.07, 6.45) is 4.66. The number of unbranched alkanes of at least 4 members (excludes halogenated alkanes) is 1. The molecule has 170 valence electrons. The van der Waals surface area contributed by atoms with Crippen LogP contribution >= 0.6 is 23.2 Å². The molecular weight excluding hydrogens is 457 g/mol. The number of Topliss-reactive ketones (excluding diaryl/α,β-unsaturated/α-hetero) is 1. The number of nitrogens with one attached hydrogen (secondary N) is 1. The van der Waals surface area contributed by atoms with Crippen molar-refractivity contribution in [2.45, 2.75) is 38.4 Å². The molecule has 0 saturated heterocycles. The molecule has 1 atom stereocenters. The maximum absolute atomic E-state index is 12.5. The SMILES string of the molecule is CCCC[C@@H](CNc1ccc(Cl)c(Cl)c1)CC(=O)COc1ccc(CS(C)(=O)=O)cc1. The number of ether oxygens (including phenoxy) is 1. The normalized spacial score (nSPS) is 12.4. The monoisotopic (exact) mass is 485 g/mol. The van der Waals surface area contributed by atoms with Crippen LogP contribution in [0.4, 0.5) is 5.69 Å². The molecule has 0 bridgehead atoms. The van der Waals surface area contributed by atoms with Gasteiger partial charge in [0.1, 0.15) is 12.4 Å². The van der Waals surface area contributed by atoms with E-state index in [0.29, 0.717) is 34.3 Å². The summed E-state index contributed by atoms with van der Waals surface area (Å²) in [6.45, 7) is 2.77. The van der Waals surface area contributed by atoms with Crippen molar-refractivity contribution >= 4 is 44.5 Å². The third-order valence-corrected chi connectivity index (χ3v) is 6.35. The minimum atomic E-state index is -3.08. The Balaban J connectivity index is 1.85. The molecule has 0 aliphatic heterocycles. The Morgan fingerprint density at radius 2 is 1.81 bits per heavy atom. The van der Waals surface area contributed by atoms with Gasteiger partial charge in [-0.05, 0) is 48.2 Å². The molecule has 0 heterocycles. The van der Waals surface area contributed by atoms with E-state index in [0.717, 1.165) is 24.9 Å². The Morgan fingerprint density at radius 3 is 2.42 bits per heavy atom. The molecule has 0 fully saturated rings. The van der Waals surface area contributed by atoms with Crippen LogP contribution in [-0.2, 0) is 20.4 Å². The van der Waals surface area contributed by atoms with E-state index < -0.39 is 9.84 Å². The molecule has 0 saturated carbocycles. The number of benzene rings is 2. The number of rotatable bonds is 13. The predicted octanol–water partition coefficient (Wildman–Crippen LogP) is 5.79. The molecule has 1 N–H and O–H groups in total. The van der Waals surface area contributed by atoms with E-state index in [9.17, 15) is 13.2 Å². The minimum Gasteiger partial charge on any atom is -0.486 e. The fourth-order valence-electron chi connectivity index (χ4n) is 3.17. The zero-order valence-electron chi connectivity index (χ0n) is 17.9. The number of halogens is 2. The van der Waals surface area contributed by atoms with E-state index in [4.69, 9.17) is 27.9 Å². The zero-order chi connectivity index (χ0) is 22.9. The van der Waals surface area contributed by atoms with Crippen LogP contribution < -0.4 is 10.1 Å². The van der Waals surface area contributed by atoms with Crippen molar-refractivity contribution in [3.63, 3.8) is 0 Å². The summed E-state index contributed by atoms with van der Waals surface area (Å²) in [5.74, 6) is 0.737. The predicted molar refractivity (Wildman–Crippen MR) is 128 cm³/mol. The summed E-state index contributed by atoms with van der Waals surface area (Å²) in [5.41, 5.74) is 1.56. The molecular formula is C23H29Cl2NO4S. The van der Waals surface area contributed by atoms with Gasteiger partial charge in [-0.2, -0.15) is 0 Å². The Kier molecular flexibility index (Phi) is 10.1. The Morgan fingerprint density at radius 1 is 1.10 bits per heavy atom. The van der Waals surface area contributed by atoms with Crippen molar-refractivity contribution in [2.24, 2.45) is 5.92 Å². The average molecular weight is 486 g/mol. The largest absolute Gasteiger partial charge is 0.486 e. The van der Waals surface area contributed by atoms with E-state index in [1.807, 2.05) is 6.07 Å². The van der Waals surface area contributed by atoms with Gasteiger partial charge in [-0.3, -0.25) is 4.79 Å². The molecule has 0 spiro atoms. The quantitative estimate of drug-likeness (QED) is 0.388. The highest BCUT2D eigenvalue weighted by Crippen LogP contribution is 2.25. The summed E-state index contributed by atoms with van der Waals surface area (Å²) in [6, 6.07) is 12.2. The van der Waals surface area contributed by atoms with Crippen molar-refractivity contribution in [1.29, 1.82) is 0 Å². The molecule has 0 radical (unpaired) electrons. The van der Waals surface area contributed by atoms with Crippen molar-refractivity contribution in [2.75, 3.05) is 24.7 Å². The first-order valence-corrected chi connectivity index (χ1v) is 13.1. The maximum Gasteiger partial charge on any atom is 0.170 e. The van der Waals surface area contributed by atoms with E-state index in [1.165, 1.54) is 6.26 Å². The number of hydrogen-bond donors (Lipinski definition) is 1. The molecule has 0 aliphatic carbocycles. The minimum absolute atomic E-state index is 0.0131. The van der Waals surface area contributed by atoms with Crippen LogP contribution in [0.15, 0.2) is 42.5 Å². The lowest BCUT2D eigenvalue weighted by atomic mass is 9.96. The maximum atomic E-state index is 12.5. The van der Waals surface area contributed by atoms with Gasteiger partial charge in [0.05, 0.1) is 15.8 Å². The molecule has 2 aromatic carbocycles. The number of carbonyl (C=O) groups is 1. The van der Waals surface area contributed by atoms with E-state index in [1.54, 1.807) is 36.4 Å². The van der Waals surface area contributed by atoms with Gasteiger partial charge in [-0.15, -0.1) is 0 Å². The van der Waals surface area contributed by atoms with Gasteiger partial charge in [0.2, 0.25) is 0 Å². The average Bonchev–Trinajstić information content (AvgIpc) is 2.71. The van der Waals surface area contributed by atoms with Crippen LogP contribution in [0.1, 0.15) is 38.2 Å². The number of ketones is 1. The van der Waals surface area contributed by atoms with Crippen LogP contribution in [0.5, 0.6) is 5.75 Å². The molecule has 8 heteroatoms. The third-order valence-electron chi connectivity index (χ3n) is 4.75. The first-order valence-electron chi connectivity index (χ1n) is 10.3. The summed E-state index contributed by atoms with van der Waals surface area (Å²) in [4.78, 5) is 12.5. The van der Waals surface area contributed by atoms with Gasteiger partial charge in [0.15, 0.2) is 15.6 Å². The van der Waals surface area contributed by atoms with E-state index >= 15 is 0 Å². The van der Waals surface area contributed by atoms with Gasteiger partial charge in [0.25, 0.3) is 0 Å². The standard InChI is InChI=1S/C23H29Cl2NO4S/c1-3-4-5-18(14-26-19-8-11-22(24)23(25)13-19)12-20(27)15-30-21-9-6-17(7-10-21)16-31(2,28)29/h6-11,13,18,26H,3-5,12,14-16H2,1-2H3/t18-/m1/s1. The lowest BCUT2D eigenvalue weighted by molar-refractivity contribution is -0.121. The fraction of sp³-hybridized carbons (Fsp3) is 0.435. The summed E-state index contributed by atoms with van der Waals surface area (Å²) in [5, 5.41) is 4.34. The lowest BCUT2D eigenvalue weighted by Gasteiger charge is -2.18. The second kappa shape index (κ2) is 12.3. The van der Waals surface area contributed by atoms with Crippen LogP contribution in [0.25, 0.3) is 0 Å². The fourth-order valence-corrected chi connectivity index (χ4v) is 4.26. The van der Waals surface area contributed by atoms with Gasteiger partial charge < -0.3 is 10.1 Å². The van der Waals surface area contributed by atoms with Gasteiger partial charge in [-0.1, -0.05) is 55.1 Å². The third kappa shape index (κ3) is 9.93. The Bertz CT molecular complexity index is 962. The first kappa shape index (κ1) is 25.5. The van der Waals surface area contributed by atoms with Crippen LogP contribution in [-0.4, -0.2) is 33.6 Å². The smallest absolute Gasteiger partial charge is 0.170 e. The molecule has 2 aromatic rings. The highest BCUT2D eigenvalue weighted by atomic mass is 35.5. The van der Waals surface area contributed by atoms with Gasteiger partial charge >= 0.3 is 0 Å². The van der Waals surface area contributed by atoms with Crippen molar-refractivity contribution in [1.82, 2.24) is 0 Å². The molecule has 31 heavy (non-hydrogen) atoms. The molecule has 0 aliphatic rings. The Hall–Kier alpha value is -1.76.